The zero-order chi connectivity index (χ0) is 22.9. The van der Waals surface area contributed by atoms with Crippen LogP contribution < -0.4 is 5.43 Å². The quantitative estimate of drug-likeness (QED) is 0.255. The summed E-state index contributed by atoms with van der Waals surface area (Å²) in [5.74, 6) is -1.01. The number of rotatable bonds is 9. The number of benzene rings is 1. The molecule has 0 bridgehead atoms. The molecule has 164 valence electrons. The number of nitrogens with zero attached hydrogens (tertiary/aromatic N) is 3. The van der Waals surface area contributed by atoms with Crippen LogP contribution >= 0.6 is 0 Å². The van der Waals surface area contributed by atoms with Gasteiger partial charge in [0.25, 0.3) is 5.91 Å². The van der Waals surface area contributed by atoms with Crippen molar-refractivity contribution in [3.05, 3.63) is 89.3 Å². The summed E-state index contributed by atoms with van der Waals surface area (Å²) in [5, 5.41) is 7.84. The van der Waals surface area contributed by atoms with E-state index in [0.29, 0.717) is 12.2 Å². The highest BCUT2D eigenvalue weighted by Crippen LogP contribution is 2.31. The molecule has 0 saturated carbocycles. The molecule has 0 atom stereocenters. The topological polar surface area (TPSA) is 59.3 Å². The number of hydrogen-bond acceptors (Lipinski definition) is 3. The Morgan fingerprint density at radius 1 is 1.32 bits per heavy atom. The molecule has 0 aliphatic carbocycles. The first-order valence-electron chi connectivity index (χ1n) is 9.40. The molecule has 0 radical (unpaired) electrons. The maximum atomic E-state index is 13.1. The van der Waals surface area contributed by atoms with E-state index in [4.69, 9.17) is 0 Å². The number of nitrogens with one attached hydrogen (secondary N) is 1. The van der Waals surface area contributed by atoms with Crippen molar-refractivity contribution in [3.63, 3.8) is 0 Å². The highest BCUT2D eigenvalue weighted by atomic mass is 19.4. The first-order valence-corrected chi connectivity index (χ1v) is 9.40. The largest absolute Gasteiger partial charge is 0.417 e. The van der Waals surface area contributed by atoms with Crippen molar-refractivity contribution < 1.29 is 22.4 Å². The summed E-state index contributed by atoms with van der Waals surface area (Å²) in [5.41, 5.74) is 2.04. The van der Waals surface area contributed by atoms with E-state index in [9.17, 15) is 22.4 Å². The molecule has 1 aromatic heterocycles. The van der Waals surface area contributed by atoms with Crippen molar-refractivity contribution in [2.45, 2.75) is 32.7 Å². The molecule has 1 aromatic carbocycles. The van der Waals surface area contributed by atoms with Crippen LogP contribution in [0, 0.1) is 0 Å². The highest BCUT2D eigenvalue weighted by Gasteiger charge is 2.34. The van der Waals surface area contributed by atoms with Crippen LogP contribution in [0.5, 0.6) is 0 Å². The lowest BCUT2D eigenvalue weighted by atomic mass is 10.1. The number of alkyl halides is 4. The van der Waals surface area contributed by atoms with Gasteiger partial charge in [-0.05, 0) is 24.6 Å². The Kier molecular flexibility index (Phi) is 8.48. The van der Waals surface area contributed by atoms with Crippen molar-refractivity contribution >= 4 is 12.1 Å². The lowest BCUT2D eigenvalue weighted by Crippen LogP contribution is -2.22. The zero-order valence-corrected chi connectivity index (χ0v) is 16.9. The van der Waals surface area contributed by atoms with Crippen molar-refractivity contribution in [2.24, 2.45) is 5.10 Å². The summed E-state index contributed by atoms with van der Waals surface area (Å²) in [4.78, 5) is 12.2. The number of halogens is 4. The van der Waals surface area contributed by atoms with Crippen LogP contribution in [0.4, 0.5) is 17.6 Å². The molecule has 1 heterocycles. The molecule has 2 aromatic rings. The van der Waals surface area contributed by atoms with Crippen LogP contribution in [0.1, 0.15) is 40.7 Å². The molecule has 0 aliphatic heterocycles. The molecule has 0 aliphatic rings. The third kappa shape index (κ3) is 6.77. The van der Waals surface area contributed by atoms with E-state index in [1.807, 2.05) is 19.1 Å². The first kappa shape index (κ1) is 23.8. The molecule has 0 unspecified atom stereocenters. The molecule has 5 nitrogen and oxygen atoms in total. The number of amides is 1. The van der Waals surface area contributed by atoms with E-state index < -0.39 is 29.9 Å². The zero-order valence-electron chi connectivity index (χ0n) is 16.9. The fourth-order valence-corrected chi connectivity index (χ4v) is 2.67. The lowest BCUT2D eigenvalue weighted by Gasteiger charge is -2.10. The van der Waals surface area contributed by atoms with Crippen LogP contribution in [-0.2, 0) is 19.4 Å². The van der Waals surface area contributed by atoms with Crippen molar-refractivity contribution in [2.75, 3.05) is 0 Å². The van der Waals surface area contributed by atoms with Gasteiger partial charge in [0.15, 0.2) is 0 Å². The van der Waals surface area contributed by atoms with E-state index >= 15 is 0 Å². The van der Waals surface area contributed by atoms with Gasteiger partial charge in [0, 0.05) is 0 Å². The Morgan fingerprint density at radius 3 is 2.71 bits per heavy atom. The molecule has 1 amide bonds. The number of aromatic nitrogens is 2. The van der Waals surface area contributed by atoms with Crippen molar-refractivity contribution in [1.29, 1.82) is 0 Å². The molecule has 0 fully saturated rings. The highest BCUT2D eigenvalue weighted by molar-refractivity contribution is 5.96. The SMILES string of the molecule is C=C/C=C\C(=C/Cn1nc(CF)cc1/C=N/NC(=O)c1ccccc1C(F)(F)F)CC. The number of hydrogen-bond donors (Lipinski definition) is 1. The predicted molar refractivity (Wildman–Crippen MR) is 111 cm³/mol. The summed E-state index contributed by atoms with van der Waals surface area (Å²) >= 11 is 0. The Balaban J connectivity index is 2.19. The second-order valence-corrected chi connectivity index (χ2v) is 6.35. The summed E-state index contributed by atoms with van der Waals surface area (Å²) < 4.78 is 53.7. The average molecular weight is 434 g/mol. The third-order valence-corrected chi connectivity index (χ3v) is 4.22. The molecule has 0 saturated heterocycles. The maximum Gasteiger partial charge on any atom is 0.417 e. The number of carbonyl (C=O) groups excluding carboxylic acids is 1. The monoisotopic (exact) mass is 434 g/mol. The number of carbonyl (C=O) groups is 1. The Labute approximate surface area is 177 Å². The molecule has 2 rings (SSSR count). The van der Waals surface area contributed by atoms with E-state index in [1.54, 1.807) is 12.2 Å². The summed E-state index contributed by atoms with van der Waals surface area (Å²) in [6.45, 7) is 5.12. The molecule has 1 N–H and O–H groups in total. The van der Waals surface area contributed by atoms with Gasteiger partial charge < -0.3 is 0 Å². The first-order chi connectivity index (χ1) is 14.8. The second-order valence-electron chi connectivity index (χ2n) is 6.35. The van der Waals surface area contributed by atoms with E-state index in [-0.39, 0.29) is 5.69 Å². The maximum absolute atomic E-state index is 13.1. The van der Waals surface area contributed by atoms with Crippen LogP contribution in [0.2, 0.25) is 0 Å². The Hall–Kier alpha value is -3.49. The Bertz CT molecular complexity index is 1000. The summed E-state index contributed by atoms with van der Waals surface area (Å²) in [6, 6.07) is 5.85. The van der Waals surface area contributed by atoms with Gasteiger partial charge >= 0.3 is 6.18 Å². The predicted octanol–water partition coefficient (Wildman–Crippen LogP) is 5.21. The van der Waals surface area contributed by atoms with Gasteiger partial charge in [-0.25, -0.2) is 9.82 Å². The number of allylic oxidation sites excluding steroid dienone is 5. The van der Waals surface area contributed by atoms with Crippen LogP contribution in [0.3, 0.4) is 0 Å². The van der Waals surface area contributed by atoms with Crippen molar-refractivity contribution in [3.8, 4) is 0 Å². The van der Waals surface area contributed by atoms with Gasteiger partial charge in [0.05, 0.1) is 35.3 Å². The van der Waals surface area contributed by atoms with Gasteiger partial charge in [0.1, 0.15) is 6.67 Å². The van der Waals surface area contributed by atoms with E-state index in [1.165, 1.54) is 29.1 Å². The van der Waals surface area contributed by atoms with E-state index in [2.05, 4.69) is 22.2 Å². The number of hydrazone groups is 1. The fraction of sp³-hybridized carbons (Fsp3) is 0.227. The minimum absolute atomic E-state index is 0.170. The normalized spacial score (nSPS) is 12.6. The molecule has 31 heavy (non-hydrogen) atoms. The Morgan fingerprint density at radius 2 is 2.06 bits per heavy atom. The summed E-state index contributed by atoms with van der Waals surface area (Å²) in [7, 11) is 0. The van der Waals surface area contributed by atoms with Gasteiger partial charge in [-0.3, -0.25) is 9.48 Å². The van der Waals surface area contributed by atoms with Gasteiger partial charge in [-0.1, -0.05) is 55.5 Å². The van der Waals surface area contributed by atoms with Crippen LogP contribution in [0.25, 0.3) is 0 Å². The van der Waals surface area contributed by atoms with Crippen LogP contribution in [0.15, 0.2) is 71.9 Å². The minimum atomic E-state index is -4.67. The van der Waals surface area contributed by atoms with Gasteiger partial charge in [-0.2, -0.15) is 23.4 Å². The van der Waals surface area contributed by atoms with Gasteiger partial charge in [-0.15, -0.1) is 0 Å². The van der Waals surface area contributed by atoms with Gasteiger partial charge in [0.2, 0.25) is 0 Å². The standard InChI is InChI=1S/C22H22F4N4O/c1-3-5-8-16(4-2)11-12-30-18(13-17(14-23)29-30)15-27-28-21(31)19-9-6-7-10-20(19)22(24,25)26/h3,5-11,13,15H,1,4,12,14H2,2H3,(H,28,31)/b8-5-,16-11-,27-15+. The fourth-order valence-electron chi connectivity index (χ4n) is 2.67. The minimum Gasteiger partial charge on any atom is -0.267 e. The van der Waals surface area contributed by atoms with Crippen molar-refractivity contribution in [1.82, 2.24) is 15.2 Å². The smallest absolute Gasteiger partial charge is 0.267 e. The average Bonchev–Trinajstić information content (AvgIpc) is 3.15. The molecule has 9 heteroatoms. The molecular formula is C22H22F4N4O. The molecular weight excluding hydrogens is 412 g/mol. The van der Waals surface area contributed by atoms with Crippen LogP contribution in [-0.4, -0.2) is 21.9 Å². The third-order valence-electron chi connectivity index (χ3n) is 4.22. The second kappa shape index (κ2) is 11.1. The van der Waals surface area contributed by atoms with E-state index in [0.717, 1.165) is 24.1 Å². The summed E-state index contributed by atoms with van der Waals surface area (Å²) in [6.07, 6.45) is 4.52. The lowest BCUT2D eigenvalue weighted by molar-refractivity contribution is -0.137. The molecule has 0 spiro atoms.